The molecule has 3 aromatic rings. The van der Waals surface area contributed by atoms with Crippen LogP contribution in [0.3, 0.4) is 0 Å². The van der Waals surface area contributed by atoms with Crippen LogP contribution in [0.4, 0.5) is 0 Å². The molecule has 0 unspecified atom stereocenters. The molecular weight excluding hydrogens is 300 g/mol. The first kappa shape index (κ1) is 14.7. The summed E-state index contributed by atoms with van der Waals surface area (Å²) in [5.41, 5.74) is 2.19. The molecule has 0 bridgehead atoms. The zero-order chi connectivity index (χ0) is 16.1. The third-order valence-corrected chi connectivity index (χ3v) is 3.05. The van der Waals surface area contributed by atoms with Gasteiger partial charge in [-0.05, 0) is 30.7 Å². The van der Waals surface area contributed by atoms with Gasteiger partial charge in [0, 0.05) is 0 Å². The molecule has 0 N–H and O–H groups in total. The maximum atomic E-state index is 5.70. The van der Waals surface area contributed by atoms with Crippen molar-refractivity contribution in [3.8, 4) is 11.5 Å². The number of rotatable bonds is 6. The summed E-state index contributed by atoms with van der Waals surface area (Å²) >= 11 is 0. The smallest absolute Gasteiger partial charge is 0.161 e. The normalized spacial score (nSPS) is 11.0. The molecule has 2 aromatic heterocycles. The van der Waals surface area contributed by atoms with Crippen molar-refractivity contribution < 1.29 is 14.1 Å². The van der Waals surface area contributed by atoms with Crippen molar-refractivity contribution in [2.45, 2.75) is 13.5 Å². The molecule has 2 heterocycles. The van der Waals surface area contributed by atoms with Crippen molar-refractivity contribution in [2.24, 2.45) is 5.10 Å². The van der Waals surface area contributed by atoms with Crippen LogP contribution in [0.2, 0.25) is 0 Å². The lowest BCUT2D eigenvalue weighted by atomic mass is 10.2. The van der Waals surface area contributed by atoms with E-state index in [1.54, 1.807) is 26.3 Å². The van der Waals surface area contributed by atoms with Crippen LogP contribution in [-0.2, 0) is 6.61 Å². The van der Waals surface area contributed by atoms with Gasteiger partial charge in [-0.1, -0.05) is 10.3 Å². The molecule has 0 saturated heterocycles. The summed E-state index contributed by atoms with van der Waals surface area (Å²) in [6.07, 6.45) is 4.67. The topological polar surface area (TPSA) is 100 Å². The van der Waals surface area contributed by atoms with Gasteiger partial charge in [-0.15, -0.1) is 10.2 Å². The third kappa shape index (κ3) is 3.51. The molecule has 0 spiro atoms. The number of benzene rings is 1. The minimum Gasteiger partial charge on any atom is -0.493 e. The number of hydrogen-bond acceptors (Lipinski definition) is 8. The Labute approximate surface area is 131 Å². The fourth-order valence-corrected chi connectivity index (χ4v) is 1.80. The average molecular weight is 314 g/mol. The highest BCUT2D eigenvalue weighted by Crippen LogP contribution is 2.28. The average Bonchev–Trinajstić information content (AvgIpc) is 3.23. The largest absolute Gasteiger partial charge is 0.493 e. The molecule has 0 amide bonds. The Balaban J connectivity index is 1.73. The standard InChI is InChI=1S/C14H14N6O3/c1-10-12(19-23-18-10)7-22-13-4-3-11(5-14(13)21-2)6-17-20-8-15-16-9-20/h3-6,8-9H,7H2,1-2H3/b17-6+. The second kappa shape index (κ2) is 6.69. The van der Waals surface area contributed by atoms with Crippen molar-refractivity contribution in [2.75, 3.05) is 7.11 Å². The summed E-state index contributed by atoms with van der Waals surface area (Å²) in [5.74, 6) is 1.18. The molecular formula is C14H14N6O3. The van der Waals surface area contributed by atoms with Crippen LogP contribution in [0.5, 0.6) is 11.5 Å². The van der Waals surface area contributed by atoms with Gasteiger partial charge in [-0.3, -0.25) is 0 Å². The first-order chi connectivity index (χ1) is 11.3. The zero-order valence-corrected chi connectivity index (χ0v) is 12.6. The van der Waals surface area contributed by atoms with Crippen LogP contribution in [0.15, 0.2) is 40.6 Å². The maximum absolute atomic E-state index is 5.70. The summed E-state index contributed by atoms with van der Waals surface area (Å²) in [6.45, 7) is 2.05. The fraction of sp³-hybridized carbons (Fsp3) is 0.214. The van der Waals surface area contributed by atoms with Gasteiger partial charge in [-0.2, -0.15) is 5.10 Å². The molecule has 1 aromatic carbocycles. The van der Waals surface area contributed by atoms with Gasteiger partial charge in [0.1, 0.15) is 30.6 Å². The Kier molecular flexibility index (Phi) is 4.27. The van der Waals surface area contributed by atoms with Crippen molar-refractivity contribution >= 4 is 6.21 Å². The molecule has 3 rings (SSSR count). The lowest BCUT2D eigenvalue weighted by molar-refractivity contribution is 0.260. The summed E-state index contributed by atoms with van der Waals surface area (Å²) in [6, 6.07) is 5.48. The van der Waals surface area contributed by atoms with E-state index in [0.29, 0.717) is 22.9 Å². The number of nitrogens with zero attached hydrogens (tertiary/aromatic N) is 6. The minimum absolute atomic E-state index is 0.250. The number of aryl methyl sites for hydroxylation is 1. The van der Waals surface area contributed by atoms with Crippen LogP contribution >= 0.6 is 0 Å². The Morgan fingerprint density at radius 1 is 1.22 bits per heavy atom. The molecule has 9 heteroatoms. The van der Waals surface area contributed by atoms with E-state index in [1.807, 2.05) is 12.1 Å². The number of methoxy groups -OCH3 is 1. The van der Waals surface area contributed by atoms with E-state index in [0.717, 1.165) is 5.56 Å². The Hall–Kier alpha value is -3.23. The van der Waals surface area contributed by atoms with Crippen LogP contribution in [0.1, 0.15) is 17.0 Å². The first-order valence-corrected chi connectivity index (χ1v) is 6.74. The second-order valence-corrected chi connectivity index (χ2v) is 4.58. The highest BCUT2D eigenvalue weighted by Gasteiger charge is 2.09. The molecule has 0 aliphatic rings. The predicted molar refractivity (Wildman–Crippen MR) is 79.4 cm³/mol. The van der Waals surface area contributed by atoms with E-state index in [4.69, 9.17) is 9.47 Å². The van der Waals surface area contributed by atoms with Crippen LogP contribution in [-0.4, -0.2) is 38.5 Å². The molecule has 0 radical (unpaired) electrons. The molecule has 118 valence electrons. The molecule has 9 nitrogen and oxygen atoms in total. The van der Waals surface area contributed by atoms with E-state index >= 15 is 0 Å². The highest BCUT2D eigenvalue weighted by molar-refractivity contribution is 5.80. The van der Waals surface area contributed by atoms with Crippen molar-refractivity contribution in [1.82, 2.24) is 25.2 Å². The fourth-order valence-electron chi connectivity index (χ4n) is 1.80. The van der Waals surface area contributed by atoms with E-state index < -0.39 is 0 Å². The first-order valence-electron chi connectivity index (χ1n) is 6.74. The molecule has 23 heavy (non-hydrogen) atoms. The van der Waals surface area contributed by atoms with Gasteiger partial charge in [0.2, 0.25) is 0 Å². The van der Waals surface area contributed by atoms with E-state index in [-0.39, 0.29) is 6.61 Å². The molecule has 0 aliphatic carbocycles. The van der Waals surface area contributed by atoms with E-state index in [1.165, 1.54) is 17.3 Å². The van der Waals surface area contributed by atoms with Gasteiger partial charge in [0.25, 0.3) is 0 Å². The summed E-state index contributed by atoms with van der Waals surface area (Å²) in [5, 5.41) is 19.0. The predicted octanol–water partition coefficient (Wildman–Crippen LogP) is 1.44. The van der Waals surface area contributed by atoms with Crippen molar-refractivity contribution in [3.63, 3.8) is 0 Å². The highest BCUT2D eigenvalue weighted by atomic mass is 16.6. The number of aromatic nitrogens is 5. The lowest BCUT2D eigenvalue weighted by Gasteiger charge is -2.10. The SMILES string of the molecule is COc1cc(/C=N/n2cnnc2)ccc1OCc1nonc1C. The van der Waals surface area contributed by atoms with Gasteiger partial charge in [0.05, 0.1) is 13.3 Å². The Bertz CT molecular complexity index is 797. The molecule has 0 atom stereocenters. The molecule has 0 aliphatic heterocycles. The monoisotopic (exact) mass is 314 g/mol. The second-order valence-electron chi connectivity index (χ2n) is 4.58. The molecule has 0 saturated carbocycles. The van der Waals surface area contributed by atoms with E-state index in [9.17, 15) is 0 Å². The summed E-state index contributed by atoms with van der Waals surface area (Å²) in [7, 11) is 1.58. The summed E-state index contributed by atoms with van der Waals surface area (Å²) in [4.78, 5) is 0. The van der Waals surface area contributed by atoms with Gasteiger partial charge in [0.15, 0.2) is 11.5 Å². The van der Waals surface area contributed by atoms with Crippen LogP contribution in [0.25, 0.3) is 0 Å². The van der Waals surface area contributed by atoms with Gasteiger partial charge < -0.3 is 9.47 Å². The van der Waals surface area contributed by atoms with Crippen molar-refractivity contribution in [1.29, 1.82) is 0 Å². The van der Waals surface area contributed by atoms with Crippen LogP contribution < -0.4 is 9.47 Å². The number of hydrogen-bond donors (Lipinski definition) is 0. The zero-order valence-electron chi connectivity index (χ0n) is 12.6. The number of ether oxygens (including phenoxy) is 2. The lowest BCUT2D eigenvalue weighted by Crippen LogP contribution is -2.00. The van der Waals surface area contributed by atoms with Gasteiger partial charge >= 0.3 is 0 Å². The Morgan fingerprint density at radius 2 is 2.04 bits per heavy atom. The summed E-state index contributed by atoms with van der Waals surface area (Å²) < 4.78 is 17.2. The van der Waals surface area contributed by atoms with Crippen molar-refractivity contribution in [3.05, 3.63) is 47.8 Å². The quantitative estimate of drug-likeness (QED) is 0.634. The van der Waals surface area contributed by atoms with Gasteiger partial charge in [-0.25, -0.2) is 9.31 Å². The Morgan fingerprint density at radius 3 is 2.74 bits per heavy atom. The maximum Gasteiger partial charge on any atom is 0.161 e. The third-order valence-electron chi connectivity index (χ3n) is 3.05. The van der Waals surface area contributed by atoms with E-state index in [2.05, 4.69) is 30.2 Å². The minimum atomic E-state index is 0.250. The van der Waals surface area contributed by atoms with Crippen LogP contribution in [0, 0.1) is 6.92 Å². The molecule has 0 fully saturated rings.